The molecule has 0 N–H and O–H groups in total. The maximum Gasteiger partial charge on any atom is 0.306 e. The first kappa shape index (κ1) is 24.5. The van der Waals surface area contributed by atoms with E-state index in [1.54, 1.807) is 6.08 Å². The second-order valence-electron chi connectivity index (χ2n) is 11.7. The van der Waals surface area contributed by atoms with Crippen LogP contribution in [-0.2, 0) is 14.3 Å². The third-order valence-electron chi connectivity index (χ3n) is 9.78. The van der Waals surface area contributed by atoms with Crippen molar-refractivity contribution >= 4 is 11.8 Å². The zero-order chi connectivity index (χ0) is 23.5. The number of fused-ring (bicyclic) bond motifs is 5. The number of rotatable bonds is 10. The minimum Gasteiger partial charge on any atom is -0.462 e. The first-order valence-corrected chi connectivity index (χ1v) is 13.6. The average Bonchev–Trinajstić information content (AvgIpc) is 3.12. The Labute approximate surface area is 201 Å². The third-order valence-corrected chi connectivity index (χ3v) is 9.78. The molecule has 4 aliphatic carbocycles. The summed E-state index contributed by atoms with van der Waals surface area (Å²) in [5.74, 6) is 2.09. The van der Waals surface area contributed by atoms with E-state index in [0.717, 1.165) is 38.5 Å². The lowest BCUT2D eigenvalue weighted by Crippen LogP contribution is -2.51. The van der Waals surface area contributed by atoms with Gasteiger partial charge in [-0.2, -0.15) is 0 Å². The van der Waals surface area contributed by atoms with Crippen LogP contribution in [0.15, 0.2) is 36.5 Å². The normalized spacial score (nSPS) is 37.0. The molecule has 33 heavy (non-hydrogen) atoms. The maximum atomic E-state index is 12.7. The summed E-state index contributed by atoms with van der Waals surface area (Å²) in [5.41, 5.74) is 1.51. The number of esters is 1. The second kappa shape index (κ2) is 10.3. The van der Waals surface area contributed by atoms with E-state index in [4.69, 9.17) is 4.74 Å². The van der Waals surface area contributed by atoms with Gasteiger partial charge in [-0.3, -0.25) is 9.59 Å². The number of carbonyl (C=O) groups excluding carboxylic acids is 2. The molecule has 0 aromatic heterocycles. The molecule has 3 heteroatoms. The van der Waals surface area contributed by atoms with E-state index in [2.05, 4.69) is 26.5 Å². The van der Waals surface area contributed by atoms with Crippen LogP contribution in [0, 0.1) is 28.6 Å². The SMILES string of the molecule is C=CCCCCCCCCC(=O)O[C@H]1CC[C@@H]2[C@@H]3CCC4=CC(=O)C=C[C@]4(C)[C@@H]3CC[C@]12C. The van der Waals surface area contributed by atoms with E-state index in [9.17, 15) is 9.59 Å². The van der Waals surface area contributed by atoms with Crippen LogP contribution >= 0.6 is 0 Å². The van der Waals surface area contributed by atoms with Crippen molar-refractivity contribution in [2.75, 3.05) is 0 Å². The van der Waals surface area contributed by atoms with Gasteiger partial charge in [-0.1, -0.05) is 57.3 Å². The van der Waals surface area contributed by atoms with Crippen LogP contribution in [0.1, 0.15) is 104 Å². The van der Waals surface area contributed by atoms with E-state index >= 15 is 0 Å². The van der Waals surface area contributed by atoms with Crippen molar-refractivity contribution in [3.8, 4) is 0 Å². The molecule has 0 bridgehead atoms. The average molecular weight is 453 g/mol. The molecule has 0 aromatic rings. The van der Waals surface area contributed by atoms with Crippen molar-refractivity contribution < 1.29 is 14.3 Å². The minimum absolute atomic E-state index is 0.0187. The Kier molecular flexibility index (Phi) is 7.66. The highest BCUT2D eigenvalue weighted by Crippen LogP contribution is 2.64. The molecule has 4 rings (SSSR count). The van der Waals surface area contributed by atoms with E-state index < -0.39 is 0 Å². The van der Waals surface area contributed by atoms with Crippen LogP contribution < -0.4 is 0 Å². The van der Waals surface area contributed by atoms with Gasteiger partial charge in [-0.15, -0.1) is 6.58 Å². The van der Waals surface area contributed by atoms with Gasteiger partial charge in [0.1, 0.15) is 6.10 Å². The molecule has 0 amide bonds. The Balaban J connectivity index is 1.28. The topological polar surface area (TPSA) is 43.4 Å². The molecule has 0 heterocycles. The summed E-state index contributed by atoms with van der Waals surface area (Å²) in [6.07, 6.45) is 23.4. The van der Waals surface area contributed by atoms with Crippen molar-refractivity contribution in [2.45, 2.75) is 110 Å². The molecule has 0 spiro atoms. The summed E-state index contributed by atoms with van der Waals surface area (Å²) in [5, 5.41) is 0. The van der Waals surface area contributed by atoms with E-state index in [0.29, 0.717) is 24.2 Å². The molecule has 3 nitrogen and oxygen atoms in total. The van der Waals surface area contributed by atoms with Crippen LogP contribution in [0.5, 0.6) is 0 Å². The summed E-state index contributed by atoms with van der Waals surface area (Å²) in [6.45, 7) is 8.53. The van der Waals surface area contributed by atoms with Crippen molar-refractivity contribution in [2.24, 2.45) is 28.6 Å². The smallest absolute Gasteiger partial charge is 0.306 e. The van der Waals surface area contributed by atoms with Crippen LogP contribution in [0.4, 0.5) is 0 Å². The maximum absolute atomic E-state index is 12.7. The number of unbranched alkanes of at least 4 members (excludes halogenated alkanes) is 6. The van der Waals surface area contributed by atoms with Gasteiger partial charge in [0.15, 0.2) is 5.78 Å². The zero-order valence-corrected chi connectivity index (χ0v) is 21.0. The van der Waals surface area contributed by atoms with Crippen molar-refractivity contribution in [3.05, 3.63) is 36.5 Å². The second-order valence-corrected chi connectivity index (χ2v) is 11.7. The minimum atomic E-state index is 0.0187. The highest BCUT2D eigenvalue weighted by atomic mass is 16.5. The van der Waals surface area contributed by atoms with Crippen LogP contribution in [0.2, 0.25) is 0 Å². The number of ether oxygens (including phenoxy) is 1. The molecule has 182 valence electrons. The van der Waals surface area contributed by atoms with Crippen molar-refractivity contribution in [1.29, 1.82) is 0 Å². The molecule has 6 atom stereocenters. The van der Waals surface area contributed by atoms with Crippen LogP contribution in [-0.4, -0.2) is 17.9 Å². The Hall–Kier alpha value is -1.64. The number of hydrogen-bond acceptors (Lipinski definition) is 3. The van der Waals surface area contributed by atoms with Crippen molar-refractivity contribution in [1.82, 2.24) is 0 Å². The molecule has 4 aliphatic rings. The first-order valence-electron chi connectivity index (χ1n) is 13.6. The summed E-state index contributed by atoms with van der Waals surface area (Å²) in [6, 6.07) is 0. The first-order chi connectivity index (χ1) is 15.9. The van der Waals surface area contributed by atoms with Gasteiger partial charge in [0.2, 0.25) is 0 Å². The molecule has 3 saturated carbocycles. The van der Waals surface area contributed by atoms with Gasteiger partial charge in [-0.05, 0) is 87.7 Å². The number of allylic oxidation sites excluding steroid dienone is 5. The monoisotopic (exact) mass is 452 g/mol. The zero-order valence-electron chi connectivity index (χ0n) is 21.0. The fourth-order valence-corrected chi connectivity index (χ4v) is 7.83. The van der Waals surface area contributed by atoms with E-state index in [1.165, 1.54) is 50.5 Å². The molecular weight excluding hydrogens is 408 g/mol. The standard InChI is InChI=1S/C30H44O3/c1-4-5-6-7-8-9-10-11-12-28(32)33-27-16-15-25-24-14-13-22-21-23(31)17-19-29(22,2)26(24)18-20-30(25,27)3/h4,17,19,21,24-27H,1,5-16,18,20H2,2-3H3/t24-,25+,26+,27-,29-,30-/m0/s1. The van der Waals surface area contributed by atoms with E-state index in [-0.39, 0.29) is 28.7 Å². The van der Waals surface area contributed by atoms with Gasteiger partial charge in [0.25, 0.3) is 0 Å². The Morgan fingerprint density at radius 3 is 2.61 bits per heavy atom. The largest absolute Gasteiger partial charge is 0.462 e. The Morgan fingerprint density at radius 2 is 1.82 bits per heavy atom. The number of carbonyl (C=O) groups is 2. The summed E-state index contributed by atoms with van der Waals surface area (Å²) in [7, 11) is 0. The van der Waals surface area contributed by atoms with Gasteiger partial charge >= 0.3 is 5.97 Å². The highest BCUT2D eigenvalue weighted by Gasteiger charge is 2.59. The Bertz CT molecular complexity index is 807. The van der Waals surface area contributed by atoms with Gasteiger partial charge in [0, 0.05) is 17.3 Å². The molecule has 0 radical (unpaired) electrons. The molecule has 3 fully saturated rings. The van der Waals surface area contributed by atoms with Gasteiger partial charge < -0.3 is 4.74 Å². The predicted octanol–water partition coefficient (Wildman–Crippen LogP) is 7.51. The lowest BCUT2D eigenvalue weighted by molar-refractivity contribution is -0.159. The summed E-state index contributed by atoms with van der Waals surface area (Å²) in [4.78, 5) is 24.6. The fraction of sp³-hybridized carbons (Fsp3) is 0.733. The number of hydrogen-bond donors (Lipinski definition) is 0. The van der Waals surface area contributed by atoms with Crippen LogP contribution in [0.25, 0.3) is 0 Å². The van der Waals surface area contributed by atoms with E-state index in [1.807, 2.05) is 12.2 Å². The quantitative estimate of drug-likeness (QED) is 0.196. The molecule has 0 unspecified atom stereocenters. The van der Waals surface area contributed by atoms with Crippen LogP contribution in [0.3, 0.4) is 0 Å². The van der Waals surface area contributed by atoms with Gasteiger partial charge in [-0.25, -0.2) is 0 Å². The van der Waals surface area contributed by atoms with Gasteiger partial charge in [0.05, 0.1) is 0 Å². The summed E-state index contributed by atoms with van der Waals surface area (Å²) < 4.78 is 6.15. The lowest BCUT2D eigenvalue weighted by atomic mass is 9.48. The summed E-state index contributed by atoms with van der Waals surface area (Å²) >= 11 is 0. The molecule has 0 aromatic carbocycles. The molecular formula is C30H44O3. The third kappa shape index (κ3) is 4.93. The lowest BCUT2D eigenvalue weighted by Gasteiger charge is -2.56. The van der Waals surface area contributed by atoms with Crippen molar-refractivity contribution in [3.63, 3.8) is 0 Å². The molecule has 0 saturated heterocycles. The molecule has 0 aliphatic heterocycles. The highest BCUT2D eigenvalue weighted by molar-refractivity contribution is 6.01. The fourth-order valence-electron chi connectivity index (χ4n) is 7.83. The predicted molar refractivity (Wildman–Crippen MR) is 134 cm³/mol. The Morgan fingerprint density at radius 1 is 1.06 bits per heavy atom. The number of ketones is 1.